The normalized spacial score (nSPS) is 13.3. The van der Waals surface area contributed by atoms with Gasteiger partial charge >= 0.3 is 0 Å². The van der Waals surface area contributed by atoms with Gasteiger partial charge in [-0.05, 0) is 36.8 Å². The lowest BCUT2D eigenvalue weighted by Gasteiger charge is -2.20. The second-order valence-corrected chi connectivity index (χ2v) is 7.69. The maximum absolute atomic E-state index is 12.9. The summed E-state index contributed by atoms with van der Waals surface area (Å²) in [5.74, 6) is -0.353. The van der Waals surface area contributed by atoms with Crippen molar-refractivity contribution in [2.45, 2.75) is 17.2 Å². The first kappa shape index (κ1) is 16.9. The van der Waals surface area contributed by atoms with Crippen molar-refractivity contribution in [2.24, 2.45) is 0 Å². The minimum absolute atomic E-state index is 0.101. The average Bonchev–Trinajstić information content (AvgIpc) is 2.48. The summed E-state index contributed by atoms with van der Waals surface area (Å²) in [5.41, 5.74) is 1.66. The predicted molar refractivity (Wildman–Crippen MR) is 86.0 cm³/mol. The van der Waals surface area contributed by atoms with E-state index in [9.17, 15) is 12.8 Å². The van der Waals surface area contributed by atoms with Crippen molar-refractivity contribution in [1.29, 1.82) is 0 Å². The van der Waals surface area contributed by atoms with Crippen LogP contribution >= 0.6 is 11.6 Å². The van der Waals surface area contributed by atoms with E-state index in [4.69, 9.17) is 11.6 Å². The lowest BCUT2D eigenvalue weighted by atomic mass is 10.1. The molecule has 22 heavy (non-hydrogen) atoms. The molecule has 2 rings (SSSR count). The van der Waals surface area contributed by atoms with E-state index in [2.05, 4.69) is 0 Å². The summed E-state index contributed by atoms with van der Waals surface area (Å²) in [7, 11) is -2.11. The summed E-state index contributed by atoms with van der Waals surface area (Å²) in [5, 5.41) is -0.550. The third-order valence-corrected chi connectivity index (χ3v) is 5.61. The number of sulfonamides is 1. The highest BCUT2D eigenvalue weighted by Gasteiger charge is 2.23. The molecule has 1 unspecified atom stereocenters. The molecule has 6 heteroatoms. The molecule has 2 aromatic carbocycles. The summed E-state index contributed by atoms with van der Waals surface area (Å²) in [6, 6.07) is 12.4. The van der Waals surface area contributed by atoms with E-state index in [1.54, 1.807) is 36.4 Å². The van der Waals surface area contributed by atoms with E-state index < -0.39 is 15.4 Å². The van der Waals surface area contributed by atoms with E-state index in [1.807, 2.05) is 6.92 Å². The van der Waals surface area contributed by atoms with Crippen LogP contribution in [-0.2, 0) is 10.0 Å². The molecule has 118 valence electrons. The van der Waals surface area contributed by atoms with Crippen molar-refractivity contribution in [3.63, 3.8) is 0 Å². The highest BCUT2D eigenvalue weighted by molar-refractivity contribution is 7.89. The van der Waals surface area contributed by atoms with Gasteiger partial charge in [0.25, 0.3) is 0 Å². The quantitative estimate of drug-likeness (QED) is 0.777. The van der Waals surface area contributed by atoms with Crippen LogP contribution in [0.3, 0.4) is 0 Å². The van der Waals surface area contributed by atoms with Crippen LogP contribution in [0.2, 0.25) is 0 Å². The first-order valence-corrected chi connectivity index (χ1v) is 8.61. The van der Waals surface area contributed by atoms with Crippen LogP contribution in [0.1, 0.15) is 16.5 Å². The zero-order valence-electron chi connectivity index (χ0n) is 12.3. The number of aryl methyl sites for hydroxylation is 1. The van der Waals surface area contributed by atoms with Gasteiger partial charge in [-0.2, -0.15) is 4.31 Å². The number of halogens is 2. The molecule has 0 N–H and O–H groups in total. The van der Waals surface area contributed by atoms with Gasteiger partial charge in [0.15, 0.2) is 0 Å². The van der Waals surface area contributed by atoms with Gasteiger partial charge in [-0.3, -0.25) is 0 Å². The monoisotopic (exact) mass is 341 g/mol. The number of rotatable bonds is 5. The average molecular weight is 342 g/mol. The molecular formula is C16H17ClFNO2S. The van der Waals surface area contributed by atoms with Crippen LogP contribution in [0.4, 0.5) is 4.39 Å². The Morgan fingerprint density at radius 3 is 2.18 bits per heavy atom. The Morgan fingerprint density at radius 2 is 1.64 bits per heavy atom. The van der Waals surface area contributed by atoms with Gasteiger partial charge in [-0.15, -0.1) is 11.6 Å². The Balaban J connectivity index is 2.15. The van der Waals surface area contributed by atoms with Crippen molar-refractivity contribution >= 4 is 21.6 Å². The molecule has 0 saturated carbocycles. The van der Waals surface area contributed by atoms with Gasteiger partial charge in [-0.1, -0.05) is 29.8 Å². The SMILES string of the molecule is Cc1ccc(S(=O)(=O)N(C)CC(Cl)c2ccc(F)cc2)cc1. The summed E-state index contributed by atoms with van der Waals surface area (Å²) in [4.78, 5) is 0.226. The van der Waals surface area contributed by atoms with E-state index >= 15 is 0 Å². The fourth-order valence-corrected chi connectivity index (χ4v) is 3.61. The van der Waals surface area contributed by atoms with Crippen molar-refractivity contribution in [3.05, 3.63) is 65.5 Å². The first-order valence-electron chi connectivity index (χ1n) is 6.73. The number of alkyl halides is 1. The van der Waals surface area contributed by atoms with E-state index in [0.29, 0.717) is 5.56 Å². The fraction of sp³-hybridized carbons (Fsp3) is 0.250. The van der Waals surface area contributed by atoms with Gasteiger partial charge in [0, 0.05) is 13.6 Å². The topological polar surface area (TPSA) is 37.4 Å². The second-order valence-electron chi connectivity index (χ2n) is 5.12. The third kappa shape index (κ3) is 3.85. The molecule has 0 amide bonds. The third-order valence-electron chi connectivity index (χ3n) is 3.38. The van der Waals surface area contributed by atoms with Gasteiger partial charge < -0.3 is 0 Å². The first-order chi connectivity index (χ1) is 10.3. The predicted octanol–water partition coefficient (Wildman–Crippen LogP) is 3.73. The maximum Gasteiger partial charge on any atom is 0.242 e. The Bertz CT molecular complexity index is 730. The molecule has 3 nitrogen and oxygen atoms in total. The molecule has 0 saturated heterocycles. The second kappa shape index (κ2) is 6.77. The molecule has 0 spiro atoms. The van der Waals surface area contributed by atoms with Gasteiger partial charge in [0.2, 0.25) is 10.0 Å². The molecule has 0 radical (unpaired) electrons. The summed E-state index contributed by atoms with van der Waals surface area (Å²) in [6.07, 6.45) is 0. The molecule has 0 bridgehead atoms. The van der Waals surface area contributed by atoms with Gasteiger partial charge in [0.05, 0.1) is 10.3 Å². The van der Waals surface area contributed by atoms with E-state index in [1.165, 1.54) is 23.5 Å². The highest BCUT2D eigenvalue weighted by atomic mass is 35.5. The molecule has 0 aliphatic carbocycles. The largest absolute Gasteiger partial charge is 0.242 e. The minimum Gasteiger partial charge on any atom is -0.207 e. The summed E-state index contributed by atoms with van der Waals surface area (Å²) < 4.78 is 39.1. The van der Waals surface area contributed by atoms with E-state index in [-0.39, 0.29) is 17.3 Å². The summed E-state index contributed by atoms with van der Waals surface area (Å²) >= 11 is 6.24. The minimum atomic E-state index is -3.59. The molecule has 0 aliphatic heterocycles. The van der Waals surface area contributed by atoms with Crippen molar-refractivity contribution in [1.82, 2.24) is 4.31 Å². The highest BCUT2D eigenvalue weighted by Crippen LogP contribution is 2.24. The Morgan fingerprint density at radius 1 is 1.09 bits per heavy atom. The van der Waals surface area contributed by atoms with Crippen molar-refractivity contribution < 1.29 is 12.8 Å². The smallest absolute Gasteiger partial charge is 0.207 e. The Kier molecular flexibility index (Phi) is 5.21. The number of benzene rings is 2. The molecule has 1 atom stereocenters. The zero-order chi connectivity index (χ0) is 16.3. The van der Waals surface area contributed by atoms with Gasteiger partial charge in [-0.25, -0.2) is 12.8 Å². The fourth-order valence-electron chi connectivity index (χ4n) is 1.99. The van der Waals surface area contributed by atoms with E-state index in [0.717, 1.165) is 5.56 Å². The molecule has 0 fully saturated rings. The van der Waals surface area contributed by atoms with Crippen molar-refractivity contribution in [2.75, 3.05) is 13.6 Å². The molecule has 2 aromatic rings. The number of hydrogen-bond donors (Lipinski definition) is 0. The molecular weight excluding hydrogens is 325 g/mol. The Hall–Kier alpha value is -1.43. The van der Waals surface area contributed by atoms with Gasteiger partial charge in [0.1, 0.15) is 5.82 Å². The maximum atomic E-state index is 12.9. The standard InChI is InChI=1S/C16H17ClFNO2S/c1-12-3-9-15(10-4-12)22(20,21)19(2)11-16(17)13-5-7-14(18)8-6-13/h3-10,16H,11H2,1-2H3. The van der Waals surface area contributed by atoms with Crippen LogP contribution in [-0.4, -0.2) is 26.3 Å². The molecule has 0 heterocycles. The molecule has 0 aliphatic rings. The number of nitrogens with zero attached hydrogens (tertiary/aromatic N) is 1. The lowest BCUT2D eigenvalue weighted by Crippen LogP contribution is -2.30. The molecule has 0 aromatic heterocycles. The number of likely N-dealkylation sites (N-methyl/N-ethyl adjacent to an activating group) is 1. The Labute approximate surface area is 135 Å². The van der Waals surface area contributed by atoms with Crippen LogP contribution in [0, 0.1) is 12.7 Å². The van der Waals surface area contributed by atoms with Crippen molar-refractivity contribution in [3.8, 4) is 0 Å². The summed E-state index contributed by atoms with van der Waals surface area (Å²) in [6.45, 7) is 1.99. The zero-order valence-corrected chi connectivity index (χ0v) is 13.9. The lowest BCUT2D eigenvalue weighted by molar-refractivity contribution is 0.468. The van der Waals surface area contributed by atoms with Crippen LogP contribution in [0.25, 0.3) is 0 Å². The van der Waals surface area contributed by atoms with Crippen LogP contribution in [0.5, 0.6) is 0 Å². The van der Waals surface area contributed by atoms with Crippen LogP contribution < -0.4 is 0 Å². The number of hydrogen-bond acceptors (Lipinski definition) is 2. The van der Waals surface area contributed by atoms with Crippen LogP contribution in [0.15, 0.2) is 53.4 Å².